The summed E-state index contributed by atoms with van der Waals surface area (Å²) in [6.07, 6.45) is 0. The van der Waals surface area contributed by atoms with Gasteiger partial charge in [-0.1, -0.05) is 18.2 Å². The molecule has 0 spiro atoms. The molecule has 0 radical (unpaired) electrons. The van der Waals surface area contributed by atoms with Gasteiger partial charge in [0.25, 0.3) is 11.8 Å². The molecule has 4 rings (SSSR count). The van der Waals surface area contributed by atoms with Crippen LogP contribution < -0.4 is 10.2 Å². The van der Waals surface area contributed by atoms with Gasteiger partial charge in [0, 0.05) is 12.6 Å². The Hall–Kier alpha value is -2.93. The molecule has 124 valence electrons. The number of halogens is 1. The maximum Gasteiger partial charge on any atom is 0.264 e. The zero-order chi connectivity index (χ0) is 17.6. The van der Waals surface area contributed by atoms with Crippen molar-refractivity contribution < 1.29 is 14.0 Å². The lowest BCUT2D eigenvalue weighted by molar-refractivity contribution is -0.116. The van der Waals surface area contributed by atoms with Gasteiger partial charge in [-0.3, -0.25) is 9.59 Å². The lowest BCUT2D eigenvalue weighted by Gasteiger charge is -2.08. The SMILES string of the molecule is CN1C(=O)/C(=C2/SC(=Nc3ccc(F)cc3)NC2=O)c2ccccc21. The van der Waals surface area contributed by atoms with Gasteiger partial charge in [-0.25, -0.2) is 9.38 Å². The highest BCUT2D eigenvalue weighted by Gasteiger charge is 2.37. The van der Waals surface area contributed by atoms with E-state index in [1.165, 1.54) is 29.2 Å². The van der Waals surface area contributed by atoms with Crippen LogP contribution in [0.2, 0.25) is 0 Å². The minimum absolute atomic E-state index is 0.220. The number of amides is 2. The second-order valence-electron chi connectivity index (χ2n) is 5.54. The van der Waals surface area contributed by atoms with Gasteiger partial charge in [0.15, 0.2) is 5.17 Å². The highest BCUT2D eigenvalue weighted by molar-refractivity contribution is 8.18. The van der Waals surface area contributed by atoms with Crippen LogP contribution in [-0.4, -0.2) is 24.0 Å². The van der Waals surface area contributed by atoms with Crippen LogP contribution in [0.4, 0.5) is 15.8 Å². The molecule has 0 aliphatic carbocycles. The number of amidine groups is 1. The van der Waals surface area contributed by atoms with E-state index in [1.807, 2.05) is 24.3 Å². The Morgan fingerprint density at radius 2 is 1.80 bits per heavy atom. The van der Waals surface area contributed by atoms with Crippen molar-refractivity contribution in [2.24, 2.45) is 4.99 Å². The number of fused-ring (bicyclic) bond motifs is 1. The van der Waals surface area contributed by atoms with E-state index in [0.717, 1.165) is 23.0 Å². The van der Waals surface area contributed by atoms with Crippen molar-refractivity contribution in [1.29, 1.82) is 0 Å². The van der Waals surface area contributed by atoms with Crippen molar-refractivity contribution in [2.75, 3.05) is 11.9 Å². The van der Waals surface area contributed by atoms with Crippen LogP contribution in [0, 0.1) is 5.82 Å². The summed E-state index contributed by atoms with van der Waals surface area (Å²) < 4.78 is 13.0. The average Bonchev–Trinajstić information content (AvgIpc) is 3.08. The van der Waals surface area contributed by atoms with Crippen molar-refractivity contribution in [1.82, 2.24) is 5.32 Å². The molecule has 2 aromatic carbocycles. The Bertz CT molecular complexity index is 967. The van der Waals surface area contributed by atoms with E-state index in [1.54, 1.807) is 7.05 Å². The Morgan fingerprint density at radius 1 is 1.08 bits per heavy atom. The number of nitrogens with one attached hydrogen (secondary N) is 1. The number of benzene rings is 2. The normalized spacial score (nSPS) is 21.0. The van der Waals surface area contributed by atoms with Gasteiger partial charge in [0.05, 0.1) is 21.9 Å². The van der Waals surface area contributed by atoms with E-state index < -0.39 is 0 Å². The lowest BCUT2D eigenvalue weighted by Crippen LogP contribution is -2.23. The molecule has 1 saturated heterocycles. The summed E-state index contributed by atoms with van der Waals surface area (Å²) in [6, 6.07) is 13.0. The lowest BCUT2D eigenvalue weighted by atomic mass is 10.1. The zero-order valence-corrected chi connectivity index (χ0v) is 13.9. The van der Waals surface area contributed by atoms with Crippen molar-refractivity contribution in [3.8, 4) is 0 Å². The van der Waals surface area contributed by atoms with Crippen LogP contribution in [0.5, 0.6) is 0 Å². The topological polar surface area (TPSA) is 61.8 Å². The Kier molecular flexibility index (Phi) is 3.65. The first kappa shape index (κ1) is 15.6. The molecule has 1 fully saturated rings. The molecule has 5 nitrogen and oxygen atoms in total. The molecule has 2 aromatic rings. The number of nitrogens with zero attached hydrogens (tertiary/aromatic N) is 2. The van der Waals surface area contributed by atoms with Crippen molar-refractivity contribution in [3.63, 3.8) is 0 Å². The molecule has 7 heteroatoms. The van der Waals surface area contributed by atoms with Gasteiger partial charge in [-0.05, 0) is 42.1 Å². The number of hydrogen-bond acceptors (Lipinski definition) is 4. The number of carbonyl (C=O) groups excluding carboxylic acids is 2. The highest BCUT2D eigenvalue weighted by Crippen LogP contribution is 2.42. The van der Waals surface area contributed by atoms with Gasteiger partial charge in [0.1, 0.15) is 5.82 Å². The van der Waals surface area contributed by atoms with Crippen LogP contribution in [0.15, 0.2) is 58.4 Å². The van der Waals surface area contributed by atoms with Crippen LogP contribution >= 0.6 is 11.8 Å². The number of hydrogen-bond donors (Lipinski definition) is 1. The minimum atomic E-state index is -0.362. The summed E-state index contributed by atoms with van der Waals surface area (Å²) in [5, 5.41) is 3.02. The quantitative estimate of drug-likeness (QED) is 0.802. The van der Waals surface area contributed by atoms with E-state index in [2.05, 4.69) is 10.3 Å². The van der Waals surface area contributed by atoms with E-state index >= 15 is 0 Å². The van der Waals surface area contributed by atoms with E-state index in [9.17, 15) is 14.0 Å². The number of aliphatic imine (C=N–C) groups is 1. The molecular weight excluding hydrogens is 341 g/mol. The molecule has 2 amide bonds. The van der Waals surface area contributed by atoms with Gasteiger partial charge in [-0.15, -0.1) is 0 Å². The molecule has 0 aromatic heterocycles. The third-order valence-electron chi connectivity index (χ3n) is 3.96. The largest absolute Gasteiger partial charge is 0.311 e. The van der Waals surface area contributed by atoms with Crippen molar-refractivity contribution >= 4 is 45.7 Å². The third-order valence-corrected chi connectivity index (χ3v) is 4.94. The molecule has 0 unspecified atom stereocenters. The Morgan fingerprint density at radius 3 is 2.56 bits per heavy atom. The minimum Gasteiger partial charge on any atom is -0.311 e. The van der Waals surface area contributed by atoms with Crippen LogP contribution in [0.3, 0.4) is 0 Å². The number of anilines is 1. The second kappa shape index (κ2) is 5.86. The fourth-order valence-corrected chi connectivity index (χ4v) is 3.69. The number of likely N-dealkylation sites (N-methyl/N-ethyl adjacent to an activating group) is 1. The summed E-state index contributed by atoms with van der Waals surface area (Å²) in [5.41, 5.74) is 2.40. The first-order valence-electron chi connectivity index (χ1n) is 7.50. The maximum absolute atomic E-state index is 13.0. The maximum atomic E-state index is 13.0. The fraction of sp³-hybridized carbons (Fsp3) is 0.0556. The summed E-state index contributed by atoms with van der Waals surface area (Å²) in [7, 11) is 1.68. The standard InChI is InChI=1S/C18H12FN3O2S/c1-22-13-5-3-2-4-12(13)14(17(22)24)15-16(23)21-18(25-15)20-11-8-6-10(19)7-9-11/h2-9H,1H3,(H,20,21,23)/b15-14+. The summed E-state index contributed by atoms with van der Waals surface area (Å²) in [6.45, 7) is 0. The molecule has 1 N–H and O–H groups in total. The molecular formula is C18H12FN3O2S. The van der Waals surface area contributed by atoms with Gasteiger partial charge >= 0.3 is 0 Å². The number of carbonyl (C=O) groups is 2. The van der Waals surface area contributed by atoms with Gasteiger partial charge < -0.3 is 10.2 Å². The van der Waals surface area contributed by atoms with Crippen LogP contribution in [-0.2, 0) is 9.59 Å². The first-order chi connectivity index (χ1) is 12.0. The zero-order valence-electron chi connectivity index (χ0n) is 13.1. The molecule has 2 heterocycles. The molecule has 25 heavy (non-hydrogen) atoms. The van der Waals surface area contributed by atoms with Crippen LogP contribution in [0.25, 0.3) is 5.57 Å². The highest BCUT2D eigenvalue weighted by atomic mass is 32.2. The molecule has 2 aliphatic rings. The molecule has 0 atom stereocenters. The van der Waals surface area contributed by atoms with E-state index in [-0.39, 0.29) is 17.6 Å². The Balaban J connectivity index is 1.75. The summed E-state index contributed by atoms with van der Waals surface area (Å²) in [5.74, 6) is -0.938. The third kappa shape index (κ3) is 2.62. The smallest absolute Gasteiger partial charge is 0.264 e. The van der Waals surface area contributed by atoms with Crippen molar-refractivity contribution in [3.05, 3.63) is 64.8 Å². The van der Waals surface area contributed by atoms with E-state index in [4.69, 9.17) is 0 Å². The predicted molar refractivity (Wildman–Crippen MR) is 96.0 cm³/mol. The average molecular weight is 353 g/mol. The number of rotatable bonds is 1. The monoisotopic (exact) mass is 353 g/mol. The fourth-order valence-electron chi connectivity index (χ4n) is 2.76. The molecule has 0 bridgehead atoms. The first-order valence-corrected chi connectivity index (χ1v) is 8.31. The van der Waals surface area contributed by atoms with Crippen LogP contribution in [0.1, 0.15) is 5.56 Å². The molecule has 0 saturated carbocycles. The second-order valence-corrected chi connectivity index (χ2v) is 6.53. The number of thioether (sulfide) groups is 1. The summed E-state index contributed by atoms with van der Waals surface area (Å²) in [4.78, 5) is 31.1. The summed E-state index contributed by atoms with van der Waals surface area (Å²) >= 11 is 1.11. The van der Waals surface area contributed by atoms with Crippen molar-refractivity contribution in [2.45, 2.75) is 0 Å². The van der Waals surface area contributed by atoms with Gasteiger partial charge in [-0.2, -0.15) is 0 Å². The Labute approximate surface area is 147 Å². The van der Waals surface area contributed by atoms with E-state index in [0.29, 0.717) is 21.3 Å². The van der Waals surface area contributed by atoms with Gasteiger partial charge in [0.2, 0.25) is 0 Å². The number of para-hydroxylation sites is 1. The predicted octanol–water partition coefficient (Wildman–Crippen LogP) is 3.06. The molecule has 2 aliphatic heterocycles.